The molecule has 3 aliphatic rings. The van der Waals surface area contributed by atoms with Crippen LogP contribution in [0, 0.1) is 35.5 Å². The summed E-state index contributed by atoms with van der Waals surface area (Å²) in [7, 11) is 0. The van der Waals surface area contributed by atoms with E-state index in [2.05, 4.69) is 26.8 Å². The van der Waals surface area contributed by atoms with E-state index in [-0.39, 0.29) is 0 Å². The average molecular weight is 373 g/mol. The topological polar surface area (TPSA) is 0 Å². The molecule has 0 aromatic carbocycles. The molecular formula is C27H48. The molecule has 3 rings (SSSR count). The Morgan fingerprint density at radius 2 is 1.07 bits per heavy atom. The lowest BCUT2D eigenvalue weighted by Gasteiger charge is -2.38. The molecule has 0 aromatic rings. The van der Waals surface area contributed by atoms with Gasteiger partial charge < -0.3 is 0 Å². The largest absolute Gasteiger partial charge is 0.0822 e. The van der Waals surface area contributed by atoms with Crippen molar-refractivity contribution in [2.45, 2.75) is 124 Å². The van der Waals surface area contributed by atoms with Crippen LogP contribution in [0.1, 0.15) is 124 Å². The molecule has 3 aliphatic carbocycles. The SMILES string of the molecule is CCCC1CCC(C=C(C)C2CCC(C3CCC(CCC)CC3)CC2)CC1. The van der Waals surface area contributed by atoms with E-state index in [9.17, 15) is 0 Å². The molecule has 0 unspecified atom stereocenters. The highest BCUT2D eigenvalue weighted by atomic mass is 14.4. The Hall–Kier alpha value is -0.260. The summed E-state index contributed by atoms with van der Waals surface area (Å²) in [5.41, 5.74) is 1.76. The van der Waals surface area contributed by atoms with Crippen LogP contribution in [0.2, 0.25) is 0 Å². The summed E-state index contributed by atoms with van der Waals surface area (Å²) >= 11 is 0. The van der Waals surface area contributed by atoms with E-state index in [1.54, 1.807) is 18.4 Å². The maximum absolute atomic E-state index is 2.73. The average Bonchev–Trinajstić information content (AvgIpc) is 2.71. The summed E-state index contributed by atoms with van der Waals surface area (Å²) in [5.74, 6) is 6.09. The van der Waals surface area contributed by atoms with Crippen molar-refractivity contribution in [1.82, 2.24) is 0 Å². The Bertz CT molecular complexity index is 423. The minimum Gasteiger partial charge on any atom is -0.0822 e. The van der Waals surface area contributed by atoms with Gasteiger partial charge in [-0.1, -0.05) is 64.0 Å². The second kappa shape index (κ2) is 11.1. The third kappa shape index (κ3) is 6.37. The van der Waals surface area contributed by atoms with E-state index in [4.69, 9.17) is 0 Å². The molecule has 0 heterocycles. The molecule has 0 amide bonds. The number of hydrogen-bond donors (Lipinski definition) is 0. The van der Waals surface area contributed by atoms with Gasteiger partial charge in [0.15, 0.2) is 0 Å². The van der Waals surface area contributed by atoms with E-state index in [0.29, 0.717) is 0 Å². The summed E-state index contributed by atoms with van der Waals surface area (Å²) in [6.45, 7) is 7.18. The van der Waals surface area contributed by atoms with Crippen molar-refractivity contribution in [1.29, 1.82) is 0 Å². The van der Waals surface area contributed by atoms with Crippen molar-refractivity contribution >= 4 is 0 Å². The Morgan fingerprint density at radius 3 is 1.56 bits per heavy atom. The first-order valence-electron chi connectivity index (χ1n) is 12.9. The molecule has 0 nitrogen and oxygen atoms in total. The van der Waals surface area contributed by atoms with Crippen LogP contribution in [0.25, 0.3) is 0 Å². The Kier molecular flexibility index (Phi) is 8.79. The fraction of sp³-hybridized carbons (Fsp3) is 0.926. The van der Waals surface area contributed by atoms with Crippen LogP contribution in [-0.4, -0.2) is 0 Å². The van der Waals surface area contributed by atoms with Gasteiger partial charge in [-0.15, -0.1) is 0 Å². The predicted octanol–water partition coefficient (Wildman–Crippen LogP) is 8.95. The van der Waals surface area contributed by atoms with Gasteiger partial charge in [-0.25, -0.2) is 0 Å². The first kappa shape index (κ1) is 21.4. The zero-order chi connectivity index (χ0) is 19.1. The molecule has 3 saturated carbocycles. The van der Waals surface area contributed by atoms with Gasteiger partial charge in [0, 0.05) is 0 Å². The molecule has 27 heavy (non-hydrogen) atoms. The second-order valence-corrected chi connectivity index (χ2v) is 10.7. The lowest BCUT2D eigenvalue weighted by Crippen LogP contribution is -2.26. The fourth-order valence-electron chi connectivity index (χ4n) is 6.96. The second-order valence-electron chi connectivity index (χ2n) is 10.7. The lowest BCUT2D eigenvalue weighted by atomic mass is 9.67. The molecule has 3 fully saturated rings. The molecule has 0 N–H and O–H groups in total. The third-order valence-corrected chi connectivity index (χ3v) is 8.76. The van der Waals surface area contributed by atoms with Crippen molar-refractivity contribution < 1.29 is 0 Å². The molecule has 156 valence electrons. The monoisotopic (exact) mass is 372 g/mol. The minimum atomic E-state index is 0.907. The predicted molar refractivity (Wildman–Crippen MR) is 120 cm³/mol. The minimum absolute atomic E-state index is 0.907. The summed E-state index contributed by atoms with van der Waals surface area (Å²) in [4.78, 5) is 0. The maximum Gasteiger partial charge on any atom is -0.0206 e. The third-order valence-electron chi connectivity index (χ3n) is 8.76. The number of rotatable bonds is 7. The molecule has 0 bridgehead atoms. The smallest absolute Gasteiger partial charge is 0.0206 e. The van der Waals surface area contributed by atoms with Crippen molar-refractivity contribution in [3.8, 4) is 0 Å². The zero-order valence-electron chi connectivity index (χ0n) is 18.9. The van der Waals surface area contributed by atoms with E-state index in [1.807, 2.05) is 0 Å². The van der Waals surface area contributed by atoms with Gasteiger partial charge in [-0.2, -0.15) is 0 Å². The first-order chi connectivity index (χ1) is 13.2. The molecule has 0 atom stereocenters. The van der Waals surface area contributed by atoms with Gasteiger partial charge >= 0.3 is 0 Å². The van der Waals surface area contributed by atoms with Crippen LogP contribution in [-0.2, 0) is 0 Å². The molecule has 0 saturated heterocycles. The van der Waals surface area contributed by atoms with E-state index < -0.39 is 0 Å². The van der Waals surface area contributed by atoms with Crippen LogP contribution < -0.4 is 0 Å². The first-order valence-corrected chi connectivity index (χ1v) is 12.9. The summed E-state index contributed by atoms with van der Waals surface area (Å²) in [6, 6.07) is 0. The van der Waals surface area contributed by atoms with Gasteiger partial charge in [0.05, 0.1) is 0 Å². The van der Waals surface area contributed by atoms with Crippen LogP contribution in [0.3, 0.4) is 0 Å². The van der Waals surface area contributed by atoms with Gasteiger partial charge in [0.2, 0.25) is 0 Å². The Morgan fingerprint density at radius 1 is 0.630 bits per heavy atom. The summed E-state index contributed by atoms with van der Waals surface area (Å²) in [6.07, 6.45) is 26.6. The van der Waals surface area contributed by atoms with E-state index >= 15 is 0 Å². The van der Waals surface area contributed by atoms with Crippen LogP contribution in [0.5, 0.6) is 0 Å². The number of allylic oxidation sites excluding steroid dienone is 2. The van der Waals surface area contributed by atoms with Gasteiger partial charge in [0.1, 0.15) is 0 Å². The Balaban J connectivity index is 1.39. The quantitative estimate of drug-likeness (QED) is 0.391. The van der Waals surface area contributed by atoms with Crippen molar-refractivity contribution in [3.63, 3.8) is 0 Å². The fourth-order valence-corrected chi connectivity index (χ4v) is 6.96. The highest BCUT2D eigenvalue weighted by Crippen LogP contribution is 2.44. The van der Waals surface area contributed by atoms with Gasteiger partial charge in [-0.3, -0.25) is 0 Å². The van der Waals surface area contributed by atoms with Crippen LogP contribution in [0.15, 0.2) is 11.6 Å². The molecule has 0 heteroatoms. The standard InChI is InChI=1S/C27H48/c1-4-6-22-8-10-24(11-9-22)20-21(3)25-16-18-27(19-17-25)26-14-12-23(7-5-2)13-15-26/h20,22-27H,4-19H2,1-3H3. The van der Waals surface area contributed by atoms with Crippen molar-refractivity contribution in [2.24, 2.45) is 35.5 Å². The zero-order valence-corrected chi connectivity index (χ0v) is 18.9. The van der Waals surface area contributed by atoms with Gasteiger partial charge in [0.25, 0.3) is 0 Å². The Labute approximate surface area is 171 Å². The molecule has 0 aliphatic heterocycles. The molecule has 0 radical (unpaired) electrons. The van der Waals surface area contributed by atoms with Crippen molar-refractivity contribution in [3.05, 3.63) is 11.6 Å². The number of hydrogen-bond acceptors (Lipinski definition) is 0. The highest BCUT2D eigenvalue weighted by Gasteiger charge is 2.31. The lowest BCUT2D eigenvalue weighted by molar-refractivity contribution is 0.150. The van der Waals surface area contributed by atoms with Gasteiger partial charge in [-0.05, 0) is 107 Å². The molecule has 0 aromatic heterocycles. The van der Waals surface area contributed by atoms with Crippen molar-refractivity contribution in [2.75, 3.05) is 0 Å². The maximum atomic E-state index is 2.73. The normalized spacial score (nSPS) is 38.7. The van der Waals surface area contributed by atoms with E-state index in [0.717, 1.165) is 35.5 Å². The van der Waals surface area contributed by atoms with E-state index in [1.165, 1.54) is 89.9 Å². The molecular weight excluding hydrogens is 324 g/mol. The van der Waals surface area contributed by atoms with Crippen LogP contribution >= 0.6 is 0 Å². The molecule has 0 spiro atoms. The summed E-state index contributed by atoms with van der Waals surface area (Å²) < 4.78 is 0. The highest BCUT2D eigenvalue weighted by molar-refractivity contribution is 5.08. The van der Waals surface area contributed by atoms with Crippen LogP contribution in [0.4, 0.5) is 0 Å². The summed E-state index contributed by atoms with van der Waals surface area (Å²) in [5, 5.41) is 0.